The first kappa shape index (κ1) is 15.4. The van der Waals surface area contributed by atoms with E-state index in [1.54, 1.807) is 23.2 Å². The Hall–Kier alpha value is -2.08. The third kappa shape index (κ3) is 2.86. The Kier molecular flexibility index (Phi) is 3.92. The standard InChI is InChI=1S/C18H15BrFN3O/c19-12-6-7-15-13(9-12)16(14-3-1-2-8-21-14)22-17(20)18(24)23(15)10-11-4-5-11/h1-3,6-9,11,17H,4-5,10H2. The molecule has 1 amide bonds. The molecule has 0 saturated heterocycles. The van der Waals surface area contributed by atoms with Crippen LogP contribution in [0.25, 0.3) is 0 Å². The van der Waals surface area contributed by atoms with Crippen molar-refractivity contribution in [2.75, 3.05) is 11.4 Å². The van der Waals surface area contributed by atoms with Crippen molar-refractivity contribution in [3.8, 4) is 0 Å². The van der Waals surface area contributed by atoms with Crippen molar-refractivity contribution in [2.24, 2.45) is 10.9 Å². The van der Waals surface area contributed by atoms with Crippen LogP contribution < -0.4 is 4.90 Å². The van der Waals surface area contributed by atoms with E-state index in [1.807, 2.05) is 24.3 Å². The number of hydrogen-bond donors (Lipinski definition) is 0. The average Bonchev–Trinajstić information content (AvgIpc) is 3.42. The molecule has 4 rings (SSSR count). The molecule has 1 aliphatic carbocycles. The normalized spacial score (nSPS) is 20.4. The van der Waals surface area contributed by atoms with Crippen LogP contribution >= 0.6 is 15.9 Å². The van der Waals surface area contributed by atoms with Gasteiger partial charge in [0.2, 0.25) is 0 Å². The van der Waals surface area contributed by atoms with Gasteiger partial charge >= 0.3 is 0 Å². The summed E-state index contributed by atoms with van der Waals surface area (Å²) >= 11 is 3.46. The minimum absolute atomic E-state index is 0.408. The summed E-state index contributed by atoms with van der Waals surface area (Å²) in [4.78, 5) is 22.4. The van der Waals surface area contributed by atoms with E-state index in [0.717, 1.165) is 22.9 Å². The second-order valence-corrected chi connectivity index (χ2v) is 7.00. The van der Waals surface area contributed by atoms with Crippen molar-refractivity contribution in [1.82, 2.24) is 4.98 Å². The average molecular weight is 388 g/mol. The van der Waals surface area contributed by atoms with E-state index in [4.69, 9.17) is 0 Å². The number of amides is 1. The number of aromatic nitrogens is 1. The molecule has 0 N–H and O–H groups in total. The molecule has 1 aromatic carbocycles. The SMILES string of the molecule is O=C1C(F)N=C(c2ccccn2)c2cc(Br)ccc2N1CC1CC1. The fourth-order valence-corrected chi connectivity index (χ4v) is 3.23. The topological polar surface area (TPSA) is 45.6 Å². The summed E-state index contributed by atoms with van der Waals surface area (Å²) in [5.41, 5.74) is 2.38. The highest BCUT2D eigenvalue weighted by atomic mass is 79.9. The fraction of sp³-hybridized carbons (Fsp3) is 0.278. The number of carbonyl (C=O) groups excluding carboxylic acids is 1. The summed E-state index contributed by atoms with van der Waals surface area (Å²) < 4.78 is 15.4. The summed E-state index contributed by atoms with van der Waals surface area (Å²) in [7, 11) is 0. The molecule has 0 spiro atoms. The van der Waals surface area contributed by atoms with Crippen molar-refractivity contribution in [1.29, 1.82) is 0 Å². The number of carbonyl (C=O) groups is 1. The molecule has 1 aromatic heterocycles. The third-order valence-corrected chi connectivity index (χ3v) is 4.76. The van der Waals surface area contributed by atoms with E-state index in [0.29, 0.717) is 29.6 Å². The third-order valence-electron chi connectivity index (χ3n) is 4.26. The van der Waals surface area contributed by atoms with Crippen molar-refractivity contribution < 1.29 is 9.18 Å². The molecule has 1 aliphatic heterocycles. The zero-order chi connectivity index (χ0) is 16.7. The minimum Gasteiger partial charge on any atom is -0.307 e. The molecule has 2 aliphatic rings. The van der Waals surface area contributed by atoms with Crippen LogP contribution in [-0.4, -0.2) is 29.4 Å². The molecule has 0 bridgehead atoms. The Morgan fingerprint density at radius 2 is 2.08 bits per heavy atom. The molecule has 4 nitrogen and oxygen atoms in total. The quantitative estimate of drug-likeness (QED) is 0.753. The molecule has 1 fully saturated rings. The summed E-state index contributed by atoms with van der Waals surface area (Å²) in [6, 6.07) is 11.0. The van der Waals surface area contributed by atoms with Gasteiger partial charge in [-0.2, -0.15) is 0 Å². The molecule has 2 aromatic rings. The van der Waals surface area contributed by atoms with Gasteiger partial charge in [-0.25, -0.2) is 9.38 Å². The van der Waals surface area contributed by atoms with E-state index in [1.165, 1.54) is 0 Å². The minimum atomic E-state index is -1.91. The van der Waals surface area contributed by atoms with E-state index in [-0.39, 0.29) is 0 Å². The van der Waals surface area contributed by atoms with Gasteiger partial charge in [-0.3, -0.25) is 9.78 Å². The number of alkyl halides is 1. The van der Waals surface area contributed by atoms with E-state index >= 15 is 0 Å². The number of benzodiazepines with no additional fused rings is 1. The molecule has 1 saturated carbocycles. The van der Waals surface area contributed by atoms with Gasteiger partial charge in [0.1, 0.15) is 0 Å². The summed E-state index contributed by atoms with van der Waals surface area (Å²) in [5.74, 6) is -0.148. The lowest BCUT2D eigenvalue weighted by Gasteiger charge is -2.23. The number of rotatable bonds is 3. The van der Waals surface area contributed by atoms with Gasteiger partial charge in [0, 0.05) is 22.8 Å². The highest BCUT2D eigenvalue weighted by molar-refractivity contribution is 9.10. The predicted molar refractivity (Wildman–Crippen MR) is 94.0 cm³/mol. The number of pyridine rings is 1. The van der Waals surface area contributed by atoms with Crippen LogP contribution in [0.1, 0.15) is 24.1 Å². The Labute approximate surface area is 147 Å². The molecule has 122 valence electrons. The van der Waals surface area contributed by atoms with Gasteiger partial charge in [0.25, 0.3) is 12.2 Å². The lowest BCUT2D eigenvalue weighted by atomic mass is 10.0. The maximum atomic E-state index is 14.5. The van der Waals surface area contributed by atoms with Gasteiger partial charge < -0.3 is 4.90 Å². The van der Waals surface area contributed by atoms with Gasteiger partial charge in [-0.05, 0) is 49.1 Å². The van der Waals surface area contributed by atoms with E-state index in [9.17, 15) is 9.18 Å². The van der Waals surface area contributed by atoms with Gasteiger partial charge in [0.15, 0.2) is 0 Å². The first-order chi connectivity index (χ1) is 11.6. The van der Waals surface area contributed by atoms with E-state index < -0.39 is 12.2 Å². The second-order valence-electron chi connectivity index (χ2n) is 6.08. The number of anilines is 1. The number of benzene rings is 1. The smallest absolute Gasteiger partial charge is 0.284 e. The van der Waals surface area contributed by atoms with E-state index in [2.05, 4.69) is 25.9 Å². The molecular weight excluding hydrogens is 373 g/mol. The number of nitrogens with zero attached hydrogens (tertiary/aromatic N) is 3. The van der Waals surface area contributed by atoms with Crippen LogP contribution in [0, 0.1) is 5.92 Å². The fourth-order valence-electron chi connectivity index (χ4n) is 2.87. The molecule has 24 heavy (non-hydrogen) atoms. The monoisotopic (exact) mass is 387 g/mol. The Bertz CT molecular complexity index is 820. The Balaban J connectivity index is 1.89. The van der Waals surface area contributed by atoms with Crippen molar-refractivity contribution in [3.05, 3.63) is 58.3 Å². The summed E-state index contributed by atoms with van der Waals surface area (Å²) in [6.07, 6.45) is 1.89. The largest absolute Gasteiger partial charge is 0.307 e. The Morgan fingerprint density at radius 3 is 2.79 bits per heavy atom. The lowest BCUT2D eigenvalue weighted by molar-refractivity contribution is -0.123. The predicted octanol–water partition coefficient (Wildman–Crippen LogP) is 3.73. The number of aliphatic imine (C=N–C) groups is 1. The zero-order valence-electron chi connectivity index (χ0n) is 12.8. The first-order valence-corrected chi connectivity index (χ1v) is 8.67. The van der Waals surface area contributed by atoms with Crippen LogP contribution in [0.5, 0.6) is 0 Å². The van der Waals surface area contributed by atoms with Crippen LogP contribution in [0.2, 0.25) is 0 Å². The molecule has 1 atom stereocenters. The number of hydrogen-bond acceptors (Lipinski definition) is 3. The van der Waals surface area contributed by atoms with Crippen molar-refractivity contribution in [3.63, 3.8) is 0 Å². The maximum absolute atomic E-state index is 14.5. The first-order valence-electron chi connectivity index (χ1n) is 7.88. The van der Waals surface area contributed by atoms with Gasteiger partial charge in [-0.15, -0.1) is 0 Å². The molecular formula is C18H15BrFN3O. The lowest BCUT2D eigenvalue weighted by Crippen LogP contribution is -2.37. The molecule has 1 unspecified atom stereocenters. The molecule has 2 heterocycles. The van der Waals surface area contributed by atoms with Gasteiger partial charge in [0.05, 0.1) is 17.1 Å². The number of halogens is 2. The van der Waals surface area contributed by atoms with Crippen LogP contribution in [0.4, 0.5) is 10.1 Å². The van der Waals surface area contributed by atoms with Gasteiger partial charge in [-0.1, -0.05) is 22.0 Å². The van der Waals surface area contributed by atoms with Crippen LogP contribution in [0.3, 0.4) is 0 Å². The molecule has 6 heteroatoms. The van der Waals surface area contributed by atoms with Crippen molar-refractivity contribution in [2.45, 2.75) is 19.1 Å². The summed E-state index contributed by atoms with van der Waals surface area (Å²) in [6.45, 7) is 0.541. The van der Waals surface area contributed by atoms with Crippen LogP contribution in [0.15, 0.2) is 52.1 Å². The Morgan fingerprint density at radius 1 is 1.25 bits per heavy atom. The van der Waals surface area contributed by atoms with Crippen molar-refractivity contribution >= 4 is 33.2 Å². The number of fused-ring (bicyclic) bond motifs is 1. The molecule has 0 radical (unpaired) electrons. The maximum Gasteiger partial charge on any atom is 0.284 e. The second kappa shape index (κ2) is 6.09. The highest BCUT2D eigenvalue weighted by Gasteiger charge is 2.35. The summed E-state index contributed by atoms with van der Waals surface area (Å²) in [5, 5.41) is 0. The highest BCUT2D eigenvalue weighted by Crippen LogP contribution is 2.36. The zero-order valence-corrected chi connectivity index (χ0v) is 14.4. The van der Waals surface area contributed by atoms with Crippen LogP contribution in [-0.2, 0) is 4.79 Å².